The SMILES string of the molecule is CCN1CCC[C@H]1c1ccc(N(C)C)nc1C. The van der Waals surface area contributed by atoms with Crippen LogP contribution >= 0.6 is 0 Å². The van der Waals surface area contributed by atoms with Crippen LogP contribution in [0.25, 0.3) is 0 Å². The van der Waals surface area contributed by atoms with Gasteiger partial charge in [0, 0.05) is 25.8 Å². The van der Waals surface area contributed by atoms with Gasteiger partial charge in [-0.15, -0.1) is 0 Å². The van der Waals surface area contributed by atoms with E-state index in [9.17, 15) is 0 Å². The Bertz CT molecular complexity index is 387. The summed E-state index contributed by atoms with van der Waals surface area (Å²) >= 11 is 0. The molecule has 0 saturated carbocycles. The lowest BCUT2D eigenvalue weighted by atomic mass is 10.0. The maximum absolute atomic E-state index is 4.69. The molecule has 2 heterocycles. The van der Waals surface area contributed by atoms with Gasteiger partial charge in [0.25, 0.3) is 0 Å². The molecule has 1 aromatic rings. The van der Waals surface area contributed by atoms with E-state index in [1.54, 1.807) is 0 Å². The van der Waals surface area contributed by atoms with Crippen LogP contribution in [-0.4, -0.2) is 37.1 Å². The number of anilines is 1. The van der Waals surface area contributed by atoms with Gasteiger partial charge in [-0.3, -0.25) is 4.90 Å². The van der Waals surface area contributed by atoms with Crippen LogP contribution in [0.3, 0.4) is 0 Å². The highest BCUT2D eigenvalue weighted by atomic mass is 15.2. The van der Waals surface area contributed by atoms with Gasteiger partial charge in [0.1, 0.15) is 5.82 Å². The molecule has 1 atom stereocenters. The van der Waals surface area contributed by atoms with Crippen LogP contribution in [0.4, 0.5) is 5.82 Å². The number of aromatic nitrogens is 1. The van der Waals surface area contributed by atoms with Crippen molar-refractivity contribution in [3.05, 3.63) is 23.4 Å². The van der Waals surface area contributed by atoms with Gasteiger partial charge in [-0.1, -0.05) is 13.0 Å². The summed E-state index contributed by atoms with van der Waals surface area (Å²) in [6, 6.07) is 4.98. The summed E-state index contributed by atoms with van der Waals surface area (Å²) in [7, 11) is 4.07. The quantitative estimate of drug-likeness (QED) is 0.800. The Balaban J connectivity index is 2.27. The summed E-state index contributed by atoms with van der Waals surface area (Å²) in [6.45, 7) is 6.75. The van der Waals surface area contributed by atoms with Crippen LogP contribution in [-0.2, 0) is 0 Å². The van der Waals surface area contributed by atoms with Gasteiger partial charge in [-0.2, -0.15) is 0 Å². The molecule has 1 aliphatic heterocycles. The van der Waals surface area contributed by atoms with Crippen molar-refractivity contribution in [3.8, 4) is 0 Å². The van der Waals surface area contributed by atoms with Gasteiger partial charge in [0.15, 0.2) is 0 Å². The van der Waals surface area contributed by atoms with Gasteiger partial charge in [-0.25, -0.2) is 4.98 Å². The van der Waals surface area contributed by atoms with E-state index in [1.807, 2.05) is 14.1 Å². The molecule has 1 fully saturated rings. The maximum Gasteiger partial charge on any atom is 0.128 e. The first kappa shape index (κ1) is 12.4. The normalized spacial score (nSPS) is 20.8. The van der Waals surface area contributed by atoms with Crippen LogP contribution in [0.5, 0.6) is 0 Å². The molecule has 0 aromatic carbocycles. The Labute approximate surface area is 104 Å². The average molecular weight is 233 g/mol. The molecule has 0 spiro atoms. The molecule has 2 rings (SSSR count). The van der Waals surface area contributed by atoms with E-state index >= 15 is 0 Å². The molecule has 1 aliphatic rings. The Kier molecular flexibility index (Phi) is 3.67. The molecule has 1 aromatic heterocycles. The van der Waals surface area contributed by atoms with E-state index in [0.29, 0.717) is 6.04 Å². The number of likely N-dealkylation sites (tertiary alicyclic amines) is 1. The van der Waals surface area contributed by atoms with Crippen LogP contribution in [0.2, 0.25) is 0 Å². The predicted molar refractivity (Wildman–Crippen MR) is 72.5 cm³/mol. The van der Waals surface area contributed by atoms with Gasteiger partial charge < -0.3 is 4.90 Å². The highest BCUT2D eigenvalue weighted by molar-refractivity contribution is 5.41. The molecule has 0 amide bonds. The van der Waals surface area contributed by atoms with Crippen molar-refractivity contribution in [2.45, 2.75) is 32.7 Å². The lowest BCUT2D eigenvalue weighted by Crippen LogP contribution is -2.23. The average Bonchev–Trinajstić information content (AvgIpc) is 2.76. The monoisotopic (exact) mass is 233 g/mol. The molecule has 0 bridgehead atoms. The van der Waals surface area contributed by atoms with E-state index in [0.717, 1.165) is 12.4 Å². The molecular weight excluding hydrogens is 210 g/mol. The fourth-order valence-corrected chi connectivity index (χ4v) is 2.72. The van der Waals surface area contributed by atoms with Crippen molar-refractivity contribution >= 4 is 5.82 Å². The van der Waals surface area contributed by atoms with Gasteiger partial charge >= 0.3 is 0 Å². The first-order chi connectivity index (χ1) is 8.13. The Hall–Kier alpha value is -1.09. The topological polar surface area (TPSA) is 19.4 Å². The smallest absolute Gasteiger partial charge is 0.128 e. The Morgan fingerprint density at radius 1 is 1.41 bits per heavy atom. The molecule has 94 valence electrons. The van der Waals surface area contributed by atoms with Crippen molar-refractivity contribution in [1.82, 2.24) is 9.88 Å². The van der Waals surface area contributed by atoms with E-state index in [1.165, 1.54) is 30.6 Å². The molecule has 0 radical (unpaired) electrons. The van der Waals surface area contributed by atoms with Crippen LogP contribution in [0.15, 0.2) is 12.1 Å². The van der Waals surface area contributed by atoms with Crippen LogP contribution < -0.4 is 4.90 Å². The first-order valence-corrected chi connectivity index (χ1v) is 6.52. The number of rotatable bonds is 3. The standard InChI is InChI=1S/C14H23N3/c1-5-17-10-6-7-13(17)12-8-9-14(16(3)4)15-11(12)2/h8-9,13H,5-7,10H2,1-4H3/t13-/m0/s1. The summed E-state index contributed by atoms with van der Waals surface area (Å²) in [5, 5.41) is 0. The van der Waals surface area contributed by atoms with Crippen molar-refractivity contribution in [2.75, 3.05) is 32.1 Å². The molecule has 3 nitrogen and oxygen atoms in total. The number of nitrogens with zero attached hydrogens (tertiary/aromatic N) is 3. The minimum absolute atomic E-state index is 0.587. The predicted octanol–water partition coefficient (Wildman–Crippen LogP) is 2.61. The lowest BCUT2D eigenvalue weighted by Gasteiger charge is -2.25. The van der Waals surface area contributed by atoms with Gasteiger partial charge in [0.2, 0.25) is 0 Å². The molecule has 17 heavy (non-hydrogen) atoms. The summed E-state index contributed by atoms with van der Waals surface area (Å²) in [5.74, 6) is 1.05. The third kappa shape index (κ3) is 2.44. The Morgan fingerprint density at radius 3 is 2.76 bits per heavy atom. The first-order valence-electron chi connectivity index (χ1n) is 6.52. The largest absolute Gasteiger partial charge is 0.363 e. The second-order valence-electron chi connectivity index (χ2n) is 5.03. The third-order valence-corrected chi connectivity index (χ3v) is 3.70. The molecular formula is C14H23N3. The fourth-order valence-electron chi connectivity index (χ4n) is 2.72. The summed E-state index contributed by atoms with van der Waals surface area (Å²) in [5.41, 5.74) is 2.59. The molecule has 3 heteroatoms. The van der Waals surface area contributed by atoms with Crippen molar-refractivity contribution in [2.24, 2.45) is 0 Å². The minimum Gasteiger partial charge on any atom is -0.363 e. The van der Waals surface area contributed by atoms with Crippen molar-refractivity contribution < 1.29 is 0 Å². The van der Waals surface area contributed by atoms with E-state index in [2.05, 4.69) is 40.8 Å². The summed E-state index contributed by atoms with van der Waals surface area (Å²) in [6.07, 6.45) is 2.59. The van der Waals surface area contributed by atoms with E-state index in [4.69, 9.17) is 0 Å². The molecule has 0 N–H and O–H groups in total. The zero-order valence-corrected chi connectivity index (χ0v) is 11.4. The molecule has 0 unspecified atom stereocenters. The highest BCUT2D eigenvalue weighted by Crippen LogP contribution is 2.33. The van der Waals surface area contributed by atoms with Crippen molar-refractivity contribution in [1.29, 1.82) is 0 Å². The fraction of sp³-hybridized carbons (Fsp3) is 0.643. The molecule has 1 saturated heterocycles. The minimum atomic E-state index is 0.587. The third-order valence-electron chi connectivity index (χ3n) is 3.70. The van der Waals surface area contributed by atoms with Gasteiger partial charge in [0.05, 0.1) is 0 Å². The second kappa shape index (κ2) is 5.05. The number of hydrogen-bond acceptors (Lipinski definition) is 3. The zero-order valence-electron chi connectivity index (χ0n) is 11.4. The lowest BCUT2D eigenvalue weighted by molar-refractivity contribution is 0.270. The summed E-state index contributed by atoms with van der Waals surface area (Å²) in [4.78, 5) is 9.30. The second-order valence-corrected chi connectivity index (χ2v) is 5.03. The van der Waals surface area contributed by atoms with Crippen LogP contribution in [0, 0.1) is 6.92 Å². The van der Waals surface area contributed by atoms with Crippen molar-refractivity contribution in [3.63, 3.8) is 0 Å². The number of pyridine rings is 1. The van der Waals surface area contributed by atoms with E-state index in [-0.39, 0.29) is 0 Å². The van der Waals surface area contributed by atoms with Gasteiger partial charge in [-0.05, 0) is 44.5 Å². The highest BCUT2D eigenvalue weighted by Gasteiger charge is 2.26. The summed E-state index contributed by atoms with van der Waals surface area (Å²) < 4.78 is 0. The zero-order chi connectivity index (χ0) is 12.4. The van der Waals surface area contributed by atoms with E-state index < -0.39 is 0 Å². The molecule has 0 aliphatic carbocycles. The Morgan fingerprint density at radius 2 is 2.18 bits per heavy atom. The maximum atomic E-state index is 4.69. The number of hydrogen-bond donors (Lipinski definition) is 0. The van der Waals surface area contributed by atoms with Crippen LogP contribution in [0.1, 0.15) is 37.1 Å². The number of aryl methyl sites for hydroxylation is 1.